The van der Waals surface area contributed by atoms with Crippen LogP contribution in [0.15, 0.2) is 59.4 Å². The molecule has 2 aromatic carbocycles. The molecule has 2 aliphatic rings. The molecule has 0 N–H and O–H groups in total. The zero-order valence-corrected chi connectivity index (χ0v) is 14.4. The van der Waals surface area contributed by atoms with Gasteiger partial charge in [-0.3, -0.25) is 0 Å². The van der Waals surface area contributed by atoms with Crippen LogP contribution in [0.4, 0.5) is 4.39 Å². The van der Waals surface area contributed by atoms with Crippen molar-refractivity contribution in [2.45, 2.75) is 32.6 Å². The van der Waals surface area contributed by atoms with Crippen LogP contribution in [0.2, 0.25) is 0 Å². The molecule has 0 unspecified atom stereocenters. The Labute approximate surface area is 147 Å². The van der Waals surface area contributed by atoms with E-state index in [1.54, 1.807) is 18.6 Å². The third-order valence-electron chi connectivity index (χ3n) is 5.02. The Morgan fingerprint density at radius 2 is 1.72 bits per heavy atom. The summed E-state index contributed by atoms with van der Waals surface area (Å²) < 4.78 is 18.6. The van der Waals surface area contributed by atoms with Gasteiger partial charge in [-0.2, -0.15) is 0 Å². The number of halogens is 1. The fraction of sp³-hybridized carbons (Fsp3) is 0.217. The van der Waals surface area contributed by atoms with Crippen LogP contribution >= 0.6 is 0 Å². The van der Waals surface area contributed by atoms with E-state index >= 15 is 0 Å². The van der Waals surface area contributed by atoms with Crippen molar-refractivity contribution in [3.8, 4) is 11.1 Å². The van der Waals surface area contributed by atoms with E-state index in [1.807, 2.05) is 19.1 Å². The molecule has 126 valence electrons. The number of benzene rings is 2. The van der Waals surface area contributed by atoms with Crippen LogP contribution in [-0.4, -0.2) is 0 Å². The first kappa shape index (κ1) is 15.9. The lowest BCUT2D eigenvalue weighted by Crippen LogP contribution is -2.11. The molecular weight excluding hydrogens is 311 g/mol. The molecule has 0 radical (unpaired) electrons. The summed E-state index contributed by atoms with van der Waals surface area (Å²) in [6.45, 7) is 1.99. The first-order valence-corrected chi connectivity index (χ1v) is 8.82. The molecule has 1 heterocycles. The molecule has 0 saturated heterocycles. The SMILES string of the molecule is Cc1ccoc1.Fc1cccc2c1CCc1c-2ccc2c1CCC=C2. The lowest BCUT2D eigenvalue weighted by atomic mass is 9.79. The summed E-state index contributed by atoms with van der Waals surface area (Å²) in [4.78, 5) is 0. The zero-order chi connectivity index (χ0) is 17.2. The average Bonchev–Trinajstić information content (AvgIpc) is 3.13. The second-order valence-electron chi connectivity index (χ2n) is 6.67. The average molecular weight is 332 g/mol. The van der Waals surface area contributed by atoms with E-state index in [0.717, 1.165) is 36.8 Å². The van der Waals surface area contributed by atoms with Gasteiger partial charge in [-0.15, -0.1) is 0 Å². The molecule has 5 rings (SSSR count). The van der Waals surface area contributed by atoms with Gasteiger partial charge in [-0.05, 0) is 83.7 Å². The zero-order valence-electron chi connectivity index (χ0n) is 14.4. The normalized spacial score (nSPS) is 14.0. The number of aryl methyl sites for hydroxylation is 1. The molecule has 0 saturated carbocycles. The molecule has 2 aliphatic carbocycles. The lowest BCUT2D eigenvalue weighted by molar-refractivity contribution is 0.565. The van der Waals surface area contributed by atoms with Gasteiger partial charge in [0.1, 0.15) is 5.82 Å². The van der Waals surface area contributed by atoms with Crippen LogP contribution in [0.25, 0.3) is 17.2 Å². The summed E-state index contributed by atoms with van der Waals surface area (Å²) in [6, 6.07) is 11.7. The predicted octanol–water partition coefficient (Wildman–Crippen LogP) is 6.14. The number of fused-ring (bicyclic) bond motifs is 5. The van der Waals surface area contributed by atoms with Crippen molar-refractivity contribution in [1.82, 2.24) is 0 Å². The third kappa shape index (κ3) is 3.05. The molecule has 0 fully saturated rings. The van der Waals surface area contributed by atoms with Crippen molar-refractivity contribution in [1.29, 1.82) is 0 Å². The minimum absolute atomic E-state index is 0.0548. The minimum Gasteiger partial charge on any atom is -0.472 e. The molecule has 0 amide bonds. The summed E-state index contributed by atoms with van der Waals surface area (Å²) in [5.74, 6) is -0.0548. The maximum atomic E-state index is 13.9. The molecule has 0 atom stereocenters. The van der Waals surface area contributed by atoms with Crippen molar-refractivity contribution in [2.24, 2.45) is 0 Å². The van der Waals surface area contributed by atoms with Gasteiger partial charge >= 0.3 is 0 Å². The summed E-state index contributed by atoms with van der Waals surface area (Å²) in [5.41, 5.74) is 8.68. The van der Waals surface area contributed by atoms with Crippen LogP contribution in [0.3, 0.4) is 0 Å². The van der Waals surface area contributed by atoms with Crippen LogP contribution in [0.1, 0.15) is 34.2 Å². The van der Waals surface area contributed by atoms with Crippen molar-refractivity contribution >= 4 is 6.08 Å². The van der Waals surface area contributed by atoms with Crippen LogP contribution in [-0.2, 0) is 19.3 Å². The molecule has 0 spiro atoms. The fourth-order valence-corrected chi connectivity index (χ4v) is 3.79. The van der Waals surface area contributed by atoms with E-state index in [9.17, 15) is 4.39 Å². The second-order valence-corrected chi connectivity index (χ2v) is 6.67. The maximum Gasteiger partial charge on any atom is 0.127 e. The van der Waals surface area contributed by atoms with E-state index in [0.29, 0.717) is 0 Å². The molecular formula is C23H21FO. The fourth-order valence-electron chi connectivity index (χ4n) is 3.79. The predicted molar refractivity (Wildman–Crippen MR) is 100 cm³/mol. The summed E-state index contributed by atoms with van der Waals surface area (Å²) in [5, 5.41) is 0. The highest BCUT2D eigenvalue weighted by atomic mass is 19.1. The Bertz CT molecular complexity index is 920. The monoisotopic (exact) mass is 332 g/mol. The van der Waals surface area contributed by atoms with E-state index < -0.39 is 0 Å². The largest absolute Gasteiger partial charge is 0.472 e. The Kier molecular flexibility index (Phi) is 4.27. The van der Waals surface area contributed by atoms with Gasteiger partial charge in [-0.1, -0.05) is 36.4 Å². The third-order valence-corrected chi connectivity index (χ3v) is 5.02. The lowest BCUT2D eigenvalue weighted by Gasteiger charge is -2.25. The van der Waals surface area contributed by atoms with Gasteiger partial charge in [-0.25, -0.2) is 4.39 Å². The molecule has 1 nitrogen and oxygen atoms in total. The van der Waals surface area contributed by atoms with Gasteiger partial charge in [0, 0.05) is 0 Å². The van der Waals surface area contributed by atoms with Crippen LogP contribution in [0.5, 0.6) is 0 Å². The number of rotatable bonds is 0. The van der Waals surface area contributed by atoms with Gasteiger partial charge in [0.05, 0.1) is 12.5 Å². The van der Waals surface area contributed by atoms with Crippen molar-refractivity contribution in [3.05, 3.63) is 88.6 Å². The smallest absolute Gasteiger partial charge is 0.127 e. The number of allylic oxidation sites excluding steroid dienone is 1. The second kappa shape index (κ2) is 6.72. The summed E-state index contributed by atoms with van der Waals surface area (Å²) >= 11 is 0. The number of hydrogen-bond donors (Lipinski definition) is 0. The Morgan fingerprint density at radius 3 is 2.48 bits per heavy atom. The van der Waals surface area contributed by atoms with E-state index in [-0.39, 0.29) is 5.82 Å². The molecule has 0 aliphatic heterocycles. The van der Waals surface area contributed by atoms with Crippen molar-refractivity contribution < 1.29 is 8.81 Å². The van der Waals surface area contributed by atoms with Gasteiger partial charge in [0.15, 0.2) is 0 Å². The van der Waals surface area contributed by atoms with Crippen molar-refractivity contribution in [2.75, 3.05) is 0 Å². The first-order valence-electron chi connectivity index (χ1n) is 8.82. The van der Waals surface area contributed by atoms with Gasteiger partial charge in [0.25, 0.3) is 0 Å². The van der Waals surface area contributed by atoms with E-state index in [4.69, 9.17) is 4.42 Å². The molecule has 2 heteroatoms. The van der Waals surface area contributed by atoms with Gasteiger partial charge < -0.3 is 4.42 Å². The molecule has 1 aromatic heterocycles. The summed E-state index contributed by atoms with van der Waals surface area (Å²) in [6.07, 6.45) is 11.9. The van der Waals surface area contributed by atoms with Crippen LogP contribution in [0, 0.1) is 12.7 Å². The molecule has 25 heavy (non-hydrogen) atoms. The minimum atomic E-state index is -0.0548. The molecule has 0 bridgehead atoms. The number of furan rings is 1. The Balaban J connectivity index is 0.000000223. The van der Waals surface area contributed by atoms with Gasteiger partial charge in [0.2, 0.25) is 0 Å². The highest BCUT2D eigenvalue weighted by Gasteiger charge is 2.22. The standard InChI is InChI=1S/C18H15F.C5H6O/c19-18-7-3-6-14-16-9-8-12-4-1-2-5-13(12)15(16)10-11-17(14)18;1-5-2-3-6-4-5/h1,3-4,6-9H,2,5,10-11H2;2-4H,1H3. The maximum absolute atomic E-state index is 13.9. The van der Waals surface area contributed by atoms with E-state index in [2.05, 4.69) is 30.4 Å². The van der Waals surface area contributed by atoms with Crippen molar-refractivity contribution in [3.63, 3.8) is 0 Å². The highest BCUT2D eigenvalue weighted by molar-refractivity contribution is 5.77. The Morgan fingerprint density at radius 1 is 0.880 bits per heavy atom. The topological polar surface area (TPSA) is 13.1 Å². The number of hydrogen-bond acceptors (Lipinski definition) is 1. The molecule has 3 aromatic rings. The first-order chi connectivity index (χ1) is 12.2. The quantitative estimate of drug-likeness (QED) is 0.482. The van der Waals surface area contributed by atoms with E-state index in [1.165, 1.54) is 27.8 Å². The Hall–Kier alpha value is -2.61. The summed E-state index contributed by atoms with van der Waals surface area (Å²) in [7, 11) is 0. The van der Waals surface area contributed by atoms with Crippen LogP contribution < -0.4 is 0 Å². The highest BCUT2D eigenvalue weighted by Crippen LogP contribution is 2.38.